The molecule has 0 N–H and O–H groups in total. The molecule has 5 unspecified atom stereocenters. The molecule has 4 rings (SSSR count). The molecule has 0 bridgehead atoms. The van der Waals surface area contributed by atoms with Crippen LogP contribution in [0.2, 0.25) is 0 Å². The number of halogens is 2. The van der Waals surface area contributed by atoms with E-state index in [1.807, 2.05) is 13.0 Å². The predicted molar refractivity (Wildman–Crippen MR) is 110 cm³/mol. The van der Waals surface area contributed by atoms with Gasteiger partial charge in [-0.05, 0) is 105 Å². The predicted octanol–water partition coefficient (Wildman–Crippen LogP) is 6.88. The van der Waals surface area contributed by atoms with Crippen molar-refractivity contribution in [2.75, 3.05) is 6.61 Å². The first-order valence-corrected chi connectivity index (χ1v) is 11.3. The summed E-state index contributed by atoms with van der Waals surface area (Å²) in [7, 11) is 0. The zero-order chi connectivity index (χ0) is 19.7. The Bertz CT molecular complexity index is 726. The summed E-state index contributed by atoms with van der Waals surface area (Å²) in [6.45, 7) is 4.47. The fraction of sp³-hybridized carbons (Fsp3) is 0.680. The molecule has 0 saturated heterocycles. The van der Waals surface area contributed by atoms with Crippen molar-refractivity contribution in [1.82, 2.24) is 0 Å². The maximum Gasteiger partial charge on any atom is 0.191 e. The fourth-order valence-corrected chi connectivity index (χ4v) is 6.21. The van der Waals surface area contributed by atoms with Gasteiger partial charge in [-0.1, -0.05) is 25.5 Å². The molecule has 154 valence electrons. The van der Waals surface area contributed by atoms with E-state index in [1.54, 1.807) is 12.1 Å². The summed E-state index contributed by atoms with van der Waals surface area (Å²) in [5, 5.41) is 0. The molecule has 0 aromatic heterocycles. The van der Waals surface area contributed by atoms with Gasteiger partial charge in [0.1, 0.15) is 6.61 Å². The minimum Gasteiger partial charge on any atom is -0.483 e. The van der Waals surface area contributed by atoms with Crippen LogP contribution in [0.3, 0.4) is 0 Å². The van der Waals surface area contributed by atoms with Crippen LogP contribution in [-0.2, 0) is 12.8 Å². The molecule has 0 aliphatic heterocycles. The molecule has 3 aliphatic carbocycles. The van der Waals surface area contributed by atoms with Crippen molar-refractivity contribution in [1.29, 1.82) is 0 Å². The van der Waals surface area contributed by atoms with E-state index in [4.69, 9.17) is 4.74 Å². The molecule has 2 saturated carbocycles. The molecular formula is C25H34F2O. The largest absolute Gasteiger partial charge is 0.483 e. The van der Waals surface area contributed by atoms with Gasteiger partial charge >= 0.3 is 0 Å². The van der Waals surface area contributed by atoms with Crippen molar-refractivity contribution in [3.63, 3.8) is 0 Å². The molecule has 0 heterocycles. The van der Waals surface area contributed by atoms with Crippen molar-refractivity contribution in [3.05, 3.63) is 41.0 Å². The van der Waals surface area contributed by atoms with Crippen LogP contribution in [0.4, 0.5) is 8.78 Å². The van der Waals surface area contributed by atoms with Gasteiger partial charge < -0.3 is 4.74 Å². The van der Waals surface area contributed by atoms with Crippen LogP contribution in [0.15, 0.2) is 18.2 Å². The average molecular weight is 389 g/mol. The minimum absolute atomic E-state index is 0.202. The molecule has 1 aromatic carbocycles. The fourth-order valence-electron chi connectivity index (χ4n) is 6.21. The number of ether oxygens (including phenoxy) is 1. The highest BCUT2D eigenvalue weighted by Crippen LogP contribution is 2.48. The summed E-state index contributed by atoms with van der Waals surface area (Å²) in [6.07, 6.45) is 14.4. The third kappa shape index (κ3) is 4.00. The quantitative estimate of drug-likeness (QED) is 0.511. The molecule has 0 radical (unpaired) electrons. The van der Waals surface area contributed by atoms with E-state index in [2.05, 4.69) is 6.92 Å². The molecule has 2 fully saturated rings. The minimum atomic E-state index is -0.550. The first-order chi connectivity index (χ1) is 13.6. The Morgan fingerprint density at radius 3 is 2.50 bits per heavy atom. The van der Waals surface area contributed by atoms with Crippen LogP contribution in [0.25, 0.3) is 0 Å². The molecule has 0 amide bonds. The van der Waals surface area contributed by atoms with Crippen molar-refractivity contribution in [3.8, 4) is 5.75 Å². The summed E-state index contributed by atoms with van der Waals surface area (Å²) >= 11 is 0. The summed E-state index contributed by atoms with van der Waals surface area (Å²) in [4.78, 5) is 0. The Labute approximate surface area is 168 Å². The Morgan fingerprint density at radius 2 is 1.71 bits per heavy atom. The Balaban J connectivity index is 1.45. The lowest BCUT2D eigenvalue weighted by Crippen LogP contribution is -2.34. The second-order valence-electron chi connectivity index (χ2n) is 9.53. The van der Waals surface area contributed by atoms with E-state index in [0.717, 1.165) is 42.1 Å². The molecule has 3 heteroatoms. The van der Waals surface area contributed by atoms with E-state index in [1.165, 1.54) is 38.5 Å². The highest BCUT2D eigenvalue weighted by atomic mass is 19.1. The van der Waals surface area contributed by atoms with Crippen LogP contribution in [-0.4, -0.2) is 6.61 Å². The third-order valence-corrected chi connectivity index (χ3v) is 7.76. The Morgan fingerprint density at radius 1 is 1.00 bits per heavy atom. The van der Waals surface area contributed by atoms with Crippen LogP contribution in [0, 0.1) is 41.2 Å². The van der Waals surface area contributed by atoms with E-state index in [-0.39, 0.29) is 12.4 Å². The Kier molecular flexibility index (Phi) is 6.08. The van der Waals surface area contributed by atoms with Crippen molar-refractivity contribution in [2.45, 2.75) is 71.6 Å². The van der Waals surface area contributed by atoms with Gasteiger partial charge in [-0.25, -0.2) is 8.78 Å². The van der Waals surface area contributed by atoms with Gasteiger partial charge in [-0.2, -0.15) is 0 Å². The van der Waals surface area contributed by atoms with E-state index < -0.39 is 11.6 Å². The van der Waals surface area contributed by atoms with Gasteiger partial charge in [0.2, 0.25) is 0 Å². The second-order valence-corrected chi connectivity index (χ2v) is 9.53. The summed E-state index contributed by atoms with van der Waals surface area (Å²) < 4.78 is 34.7. The van der Waals surface area contributed by atoms with Gasteiger partial charge in [0.05, 0.1) is 0 Å². The monoisotopic (exact) mass is 388 g/mol. The van der Waals surface area contributed by atoms with Gasteiger partial charge in [-0.3, -0.25) is 0 Å². The SMILES string of the molecule is C/C=C/COc1c(F)cc2c(c1F)CCC(C1CCC3CC(C)CCC3C1)C2. The Hall–Kier alpha value is -1.38. The first-order valence-electron chi connectivity index (χ1n) is 11.3. The first kappa shape index (κ1) is 19.9. The number of hydrogen-bond donors (Lipinski definition) is 0. The highest BCUT2D eigenvalue weighted by Gasteiger charge is 2.38. The average Bonchev–Trinajstić information content (AvgIpc) is 2.69. The molecular weight excluding hydrogens is 354 g/mol. The molecule has 1 nitrogen and oxygen atoms in total. The van der Waals surface area contributed by atoms with Crippen molar-refractivity contribution >= 4 is 0 Å². The number of benzene rings is 1. The standard InChI is InChI=1S/C25H34F2O/c1-3-4-11-28-25-23(26)15-21-14-20(9-10-22(21)24(25)27)19-8-7-17-12-16(2)5-6-18(17)13-19/h3-4,15-20H,5-14H2,1-2H3/b4-3+. The normalized spacial score (nSPS) is 32.8. The molecule has 3 aliphatic rings. The van der Waals surface area contributed by atoms with Crippen LogP contribution in [0.1, 0.15) is 69.9 Å². The third-order valence-electron chi connectivity index (χ3n) is 7.76. The maximum atomic E-state index is 14.9. The maximum absolute atomic E-state index is 14.9. The lowest BCUT2D eigenvalue weighted by molar-refractivity contribution is 0.0755. The van der Waals surface area contributed by atoms with Crippen LogP contribution in [0.5, 0.6) is 5.75 Å². The van der Waals surface area contributed by atoms with Crippen LogP contribution >= 0.6 is 0 Å². The lowest BCUT2D eigenvalue weighted by Gasteiger charge is -2.44. The van der Waals surface area contributed by atoms with Gasteiger partial charge in [0.15, 0.2) is 17.4 Å². The number of allylic oxidation sites excluding steroid dienone is 1. The molecule has 0 spiro atoms. The highest BCUT2D eigenvalue weighted by molar-refractivity contribution is 5.41. The smallest absolute Gasteiger partial charge is 0.191 e. The summed E-state index contributed by atoms with van der Waals surface area (Å²) in [5.41, 5.74) is 1.57. The van der Waals surface area contributed by atoms with E-state index in [0.29, 0.717) is 17.9 Å². The summed E-state index contributed by atoms with van der Waals surface area (Å²) in [5.74, 6) is 2.83. The van der Waals surface area contributed by atoms with Crippen molar-refractivity contribution in [2.24, 2.45) is 29.6 Å². The van der Waals surface area contributed by atoms with Crippen molar-refractivity contribution < 1.29 is 13.5 Å². The van der Waals surface area contributed by atoms with Gasteiger partial charge in [0.25, 0.3) is 0 Å². The number of hydrogen-bond acceptors (Lipinski definition) is 1. The molecule has 28 heavy (non-hydrogen) atoms. The number of rotatable bonds is 4. The zero-order valence-electron chi connectivity index (χ0n) is 17.4. The van der Waals surface area contributed by atoms with Crippen LogP contribution < -0.4 is 4.74 Å². The molecule has 1 aromatic rings. The van der Waals surface area contributed by atoms with Gasteiger partial charge in [0, 0.05) is 0 Å². The van der Waals surface area contributed by atoms with E-state index in [9.17, 15) is 8.78 Å². The topological polar surface area (TPSA) is 9.23 Å². The van der Waals surface area contributed by atoms with Gasteiger partial charge in [-0.15, -0.1) is 0 Å². The molecule has 5 atom stereocenters. The summed E-state index contributed by atoms with van der Waals surface area (Å²) in [6, 6.07) is 1.55. The lowest BCUT2D eigenvalue weighted by atomic mass is 9.61. The second kappa shape index (κ2) is 8.55. The number of fused-ring (bicyclic) bond motifs is 2. The zero-order valence-corrected chi connectivity index (χ0v) is 17.4. The van der Waals surface area contributed by atoms with E-state index >= 15 is 0 Å².